The Morgan fingerprint density at radius 2 is 1.93 bits per heavy atom. The van der Waals surface area contributed by atoms with Gasteiger partial charge in [-0.05, 0) is 31.4 Å². The Bertz CT molecular complexity index is 383. The molecule has 2 rings (SSSR count). The third-order valence-corrected chi connectivity index (χ3v) is 3.32. The van der Waals surface area contributed by atoms with Gasteiger partial charge in [0.05, 0.1) is 0 Å². The summed E-state index contributed by atoms with van der Waals surface area (Å²) in [6.45, 7) is 1.76. The van der Waals surface area contributed by atoms with Gasteiger partial charge in [0.15, 0.2) is 0 Å². The molecule has 0 amide bonds. The molecule has 3 heteroatoms. The van der Waals surface area contributed by atoms with Crippen LogP contribution >= 0.6 is 0 Å². The van der Waals surface area contributed by atoms with Crippen LogP contribution in [0.5, 0.6) is 5.75 Å². The van der Waals surface area contributed by atoms with Crippen LogP contribution < -0.4 is 5.73 Å². The first-order valence-corrected chi connectivity index (χ1v) is 5.31. The molecule has 1 aromatic carbocycles. The quantitative estimate of drug-likeness (QED) is 0.746. The number of halogens is 1. The van der Waals surface area contributed by atoms with Gasteiger partial charge in [-0.15, -0.1) is 0 Å². The molecule has 0 aliphatic heterocycles. The smallest absolute Gasteiger partial charge is 0.131 e. The molecule has 1 fully saturated rings. The molecule has 0 heterocycles. The van der Waals surface area contributed by atoms with Crippen LogP contribution in [0, 0.1) is 12.7 Å². The van der Waals surface area contributed by atoms with E-state index in [1.807, 2.05) is 0 Å². The van der Waals surface area contributed by atoms with Crippen LogP contribution in [0.1, 0.15) is 36.8 Å². The lowest BCUT2D eigenvalue weighted by atomic mass is 9.88. The third-order valence-electron chi connectivity index (χ3n) is 3.32. The zero-order valence-electron chi connectivity index (χ0n) is 8.89. The van der Waals surface area contributed by atoms with Crippen molar-refractivity contribution in [1.29, 1.82) is 0 Å². The highest BCUT2D eigenvalue weighted by Gasteiger charge is 2.33. The van der Waals surface area contributed by atoms with Gasteiger partial charge in [-0.2, -0.15) is 0 Å². The molecular formula is C12H16FNO. The number of phenolic OH excluding ortho intramolecular Hbond substituents is 1. The molecule has 0 unspecified atom stereocenters. The molecule has 2 nitrogen and oxygen atoms in total. The van der Waals surface area contributed by atoms with Gasteiger partial charge in [-0.25, -0.2) is 4.39 Å². The molecule has 1 aromatic rings. The predicted molar refractivity (Wildman–Crippen MR) is 57.1 cm³/mol. The largest absolute Gasteiger partial charge is 0.508 e. The van der Waals surface area contributed by atoms with E-state index in [1.165, 1.54) is 0 Å². The summed E-state index contributed by atoms with van der Waals surface area (Å²) >= 11 is 0. The topological polar surface area (TPSA) is 46.2 Å². The average Bonchev–Trinajstić information content (AvgIpc) is 2.60. The van der Waals surface area contributed by atoms with E-state index < -0.39 is 5.54 Å². The lowest BCUT2D eigenvalue weighted by Crippen LogP contribution is -2.34. The van der Waals surface area contributed by atoms with Crippen molar-refractivity contribution in [2.75, 3.05) is 0 Å². The van der Waals surface area contributed by atoms with E-state index in [0.717, 1.165) is 31.7 Å². The lowest BCUT2D eigenvalue weighted by molar-refractivity contribution is 0.423. The second-order valence-corrected chi connectivity index (χ2v) is 4.48. The lowest BCUT2D eigenvalue weighted by Gasteiger charge is -2.25. The summed E-state index contributed by atoms with van der Waals surface area (Å²) in [6, 6.07) is 2.84. The van der Waals surface area contributed by atoms with E-state index in [4.69, 9.17) is 5.73 Å². The molecular weight excluding hydrogens is 193 g/mol. The van der Waals surface area contributed by atoms with E-state index in [1.54, 1.807) is 13.0 Å². The Kier molecular flexibility index (Phi) is 2.43. The third kappa shape index (κ3) is 1.72. The first-order valence-electron chi connectivity index (χ1n) is 5.31. The first kappa shape index (κ1) is 10.4. The number of aryl methyl sites for hydroxylation is 1. The van der Waals surface area contributed by atoms with Crippen molar-refractivity contribution in [3.05, 3.63) is 29.1 Å². The summed E-state index contributed by atoms with van der Waals surface area (Å²) in [5.74, 6) is -0.389. The monoisotopic (exact) mass is 209 g/mol. The Morgan fingerprint density at radius 1 is 1.33 bits per heavy atom. The molecule has 0 aromatic heterocycles. The highest BCUT2D eigenvalue weighted by molar-refractivity contribution is 5.39. The molecule has 3 N–H and O–H groups in total. The number of aromatic hydroxyl groups is 1. The van der Waals surface area contributed by atoms with E-state index in [0.29, 0.717) is 11.1 Å². The molecule has 0 spiro atoms. The van der Waals surface area contributed by atoms with Crippen molar-refractivity contribution >= 4 is 0 Å². The predicted octanol–water partition coefficient (Wildman–Crippen LogP) is 2.57. The minimum Gasteiger partial charge on any atom is -0.508 e. The van der Waals surface area contributed by atoms with Crippen molar-refractivity contribution in [3.63, 3.8) is 0 Å². The standard InChI is InChI=1S/C12H16FNO/c1-8-6-9(10(13)7-11(8)15)12(14)4-2-3-5-12/h6-7,15H,2-5,14H2,1H3. The fraction of sp³-hybridized carbons (Fsp3) is 0.500. The Labute approximate surface area is 88.9 Å². The fourth-order valence-electron chi connectivity index (χ4n) is 2.33. The maximum absolute atomic E-state index is 13.7. The highest BCUT2D eigenvalue weighted by Crippen LogP contribution is 2.38. The van der Waals surface area contributed by atoms with Gasteiger partial charge in [0.2, 0.25) is 0 Å². The average molecular weight is 209 g/mol. The molecule has 0 saturated heterocycles. The van der Waals surface area contributed by atoms with Crippen LogP contribution in [-0.2, 0) is 5.54 Å². The normalized spacial score (nSPS) is 19.4. The van der Waals surface area contributed by atoms with E-state index in [-0.39, 0.29) is 11.6 Å². The minimum atomic E-state index is -0.525. The Balaban J connectivity index is 2.48. The number of benzene rings is 1. The van der Waals surface area contributed by atoms with Crippen molar-refractivity contribution in [1.82, 2.24) is 0 Å². The zero-order valence-corrected chi connectivity index (χ0v) is 8.89. The van der Waals surface area contributed by atoms with Gasteiger partial charge >= 0.3 is 0 Å². The summed E-state index contributed by atoms with van der Waals surface area (Å²) in [5, 5.41) is 9.37. The second-order valence-electron chi connectivity index (χ2n) is 4.48. The molecule has 1 saturated carbocycles. The highest BCUT2D eigenvalue weighted by atomic mass is 19.1. The fourth-order valence-corrected chi connectivity index (χ4v) is 2.33. The van der Waals surface area contributed by atoms with Crippen LogP contribution in [0.4, 0.5) is 4.39 Å². The van der Waals surface area contributed by atoms with E-state index >= 15 is 0 Å². The second kappa shape index (κ2) is 3.49. The summed E-state index contributed by atoms with van der Waals surface area (Å²) < 4.78 is 13.7. The van der Waals surface area contributed by atoms with E-state index in [2.05, 4.69) is 0 Å². The molecule has 1 aliphatic carbocycles. The Morgan fingerprint density at radius 3 is 2.53 bits per heavy atom. The number of hydrogen-bond acceptors (Lipinski definition) is 2. The molecule has 0 bridgehead atoms. The van der Waals surface area contributed by atoms with Gasteiger partial charge in [0.25, 0.3) is 0 Å². The number of nitrogens with two attached hydrogens (primary N) is 1. The van der Waals surface area contributed by atoms with Gasteiger partial charge < -0.3 is 10.8 Å². The summed E-state index contributed by atoms with van der Waals surface area (Å²) in [5.41, 5.74) is 6.89. The molecule has 0 atom stereocenters. The van der Waals surface area contributed by atoms with Crippen LogP contribution in [-0.4, -0.2) is 5.11 Å². The zero-order chi connectivity index (χ0) is 11.1. The van der Waals surface area contributed by atoms with E-state index in [9.17, 15) is 9.50 Å². The van der Waals surface area contributed by atoms with Gasteiger partial charge in [-0.1, -0.05) is 12.8 Å². The first-order chi connectivity index (χ1) is 7.03. The van der Waals surface area contributed by atoms with Crippen molar-refractivity contribution in [3.8, 4) is 5.75 Å². The SMILES string of the molecule is Cc1cc(C2(N)CCCC2)c(F)cc1O. The van der Waals surface area contributed by atoms with Crippen LogP contribution in [0.2, 0.25) is 0 Å². The summed E-state index contributed by atoms with van der Waals surface area (Å²) in [6.07, 6.45) is 3.76. The van der Waals surface area contributed by atoms with Crippen LogP contribution in [0.25, 0.3) is 0 Å². The molecule has 15 heavy (non-hydrogen) atoms. The van der Waals surface area contributed by atoms with Crippen molar-refractivity contribution in [2.24, 2.45) is 5.73 Å². The van der Waals surface area contributed by atoms with Gasteiger partial charge in [0.1, 0.15) is 11.6 Å². The van der Waals surface area contributed by atoms with Crippen molar-refractivity contribution < 1.29 is 9.50 Å². The summed E-state index contributed by atoms with van der Waals surface area (Å²) in [7, 11) is 0. The van der Waals surface area contributed by atoms with Gasteiger partial charge in [0, 0.05) is 17.2 Å². The summed E-state index contributed by atoms with van der Waals surface area (Å²) in [4.78, 5) is 0. The number of hydrogen-bond donors (Lipinski definition) is 2. The minimum absolute atomic E-state index is 0.00199. The maximum atomic E-state index is 13.7. The molecule has 0 radical (unpaired) electrons. The maximum Gasteiger partial charge on any atom is 0.131 e. The van der Waals surface area contributed by atoms with Crippen LogP contribution in [0.3, 0.4) is 0 Å². The van der Waals surface area contributed by atoms with Crippen LogP contribution in [0.15, 0.2) is 12.1 Å². The number of rotatable bonds is 1. The molecule has 1 aliphatic rings. The Hall–Kier alpha value is -1.09. The number of phenols is 1. The van der Waals surface area contributed by atoms with Crippen molar-refractivity contribution in [2.45, 2.75) is 38.1 Å². The molecule has 82 valence electrons. The van der Waals surface area contributed by atoms with Gasteiger partial charge in [-0.3, -0.25) is 0 Å².